The molecule has 0 aromatic heterocycles. The predicted octanol–water partition coefficient (Wildman–Crippen LogP) is 4.04. The van der Waals surface area contributed by atoms with Crippen molar-refractivity contribution >= 4 is 11.9 Å². The summed E-state index contributed by atoms with van der Waals surface area (Å²) in [5, 5.41) is 0. The van der Waals surface area contributed by atoms with Crippen LogP contribution in [0.15, 0.2) is 72.8 Å². The zero-order chi connectivity index (χ0) is 17.0. The van der Waals surface area contributed by atoms with Gasteiger partial charge in [0.1, 0.15) is 0 Å². The third kappa shape index (κ3) is 6.08. The van der Waals surface area contributed by atoms with Crippen molar-refractivity contribution in [3.63, 3.8) is 0 Å². The molecule has 2 aromatic carbocycles. The van der Waals surface area contributed by atoms with Gasteiger partial charge in [0.2, 0.25) is 0 Å². The highest BCUT2D eigenvalue weighted by Gasteiger charge is 2.05. The molecular weight excluding hydrogens is 304 g/mol. The zero-order valence-corrected chi connectivity index (χ0v) is 13.4. The number of hydrogen-bond acceptors (Lipinski definition) is 4. The summed E-state index contributed by atoms with van der Waals surface area (Å²) in [6.07, 6.45) is 5.08. The Morgan fingerprint density at radius 2 is 1.04 bits per heavy atom. The molecule has 0 radical (unpaired) electrons. The van der Waals surface area contributed by atoms with Crippen LogP contribution in [0.1, 0.15) is 33.6 Å². The van der Waals surface area contributed by atoms with E-state index in [9.17, 15) is 9.59 Å². The van der Waals surface area contributed by atoms with Gasteiger partial charge in [-0.25, -0.2) is 9.59 Å². The van der Waals surface area contributed by atoms with Crippen LogP contribution >= 0.6 is 0 Å². The minimum atomic E-state index is -0.319. The van der Waals surface area contributed by atoms with Crippen LogP contribution in [-0.4, -0.2) is 25.2 Å². The van der Waals surface area contributed by atoms with Crippen molar-refractivity contribution in [3.05, 3.63) is 83.9 Å². The van der Waals surface area contributed by atoms with Crippen molar-refractivity contribution in [1.29, 1.82) is 0 Å². The van der Waals surface area contributed by atoms with Crippen LogP contribution in [0.25, 0.3) is 0 Å². The van der Waals surface area contributed by atoms with Crippen molar-refractivity contribution in [2.75, 3.05) is 13.2 Å². The van der Waals surface area contributed by atoms with Gasteiger partial charge in [0.15, 0.2) is 0 Å². The minimum Gasteiger partial charge on any atom is -0.462 e. The standard InChI is InChI=1S/C20H20O4/c21-19(17-11-5-3-6-12-17)23-15-9-1-2-10-16-24-20(22)18-13-7-4-8-14-18/h1-8,11-14H,9-10,15-16H2/b2-1+. The lowest BCUT2D eigenvalue weighted by Gasteiger charge is -2.03. The van der Waals surface area contributed by atoms with Crippen LogP contribution in [0.5, 0.6) is 0 Å². The average molecular weight is 324 g/mol. The van der Waals surface area contributed by atoms with Crippen LogP contribution in [0.3, 0.4) is 0 Å². The molecule has 0 bridgehead atoms. The molecule has 0 fully saturated rings. The van der Waals surface area contributed by atoms with Crippen molar-refractivity contribution in [2.24, 2.45) is 0 Å². The third-order valence-electron chi connectivity index (χ3n) is 3.22. The summed E-state index contributed by atoms with van der Waals surface area (Å²) < 4.78 is 10.3. The molecule has 0 aliphatic heterocycles. The number of benzene rings is 2. The SMILES string of the molecule is O=C(OCC/C=C/CCOC(=O)c1ccccc1)c1ccccc1. The Balaban J connectivity index is 1.55. The molecule has 0 N–H and O–H groups in total. The van der Waals surface area contributed by atoms with Gasteiger partial charge in [0, 0.05) is 0 Å². The fourth-order valence-electron chi connectivity index (χ4n) is 1.99. The van der Waals surface area contributed by atoms with E-state index in [1.807, 2.05) is 24.3 Å². The van der Waals surface area contributed by atoms with E-state index < -0.39 is 0 Å². The number of carbonyl (C=O) groups excluding carboxylic acids is 2. The van der Waals surface area contributed by atoms with Gasteiger partial charge >= 0.3 is 11.9 Å². The molecule has 0 unspecified atom stereocenters. The maximum absolute atomic E-state index is 11.7. The van der Waals surface area contributed by atoms with Crippen LogP contribution in [-0.2, 0) is 9.47 Å². The first-order valence-corrected chi connectivity index (χ1v) is 7.87. The van der Waals surface area contributed by atoms with Crippen molar-refractivity contribution < 1.29 is 19.1 Å². The second-order valence-electron chi connectivity index (χ2n) is 5.05. The molecule has 0 aliphatic carbocycles. The number of hydrogen-bond donors (Lipinski definition) is 0. The molecule has 0 saturated heterocycles. The largest absolute Gasteiger partial charge is 0.462 e. The summed E-state index contributed by atoms with van der Waals surface area (Å²) in [5.74, 6) is -0.637. The summed E-state index contributed by atoms with van der Waals surface area (Å²) in [6, 6.07) is 17.8. The molecule has 0 atom stereocenters. The zero-order valence-electron chi connectivity index (χ0n) is 13.4. The smallest absolute Gasteiger partial charge is 0.338 e. The minimum absolute atomic E-state index is 0.319. The van der Waals surface area contributed by atoms with Gasteiger partial charge in [0.25, 0.3) is 0 Å². The lowest BCUT2D eigenvalue weighted by atomic mass is 10.2. The van der Waals surface area contributed by atoms with E-state index in [1.165, 1.54) is 0 Å². The van der Waals surface area contributed by atoms with E-state index in [0.717, 1.165) is 0 Å². The predicted molar refractivity (Wildman–Crippen MR) is 91.8 cm³/mol. The lowest BCUT2D eigenvalue weighted by molar-refractivity contribution is 0.0499. The highest BCUT2D eigenvalue weighted by Crippen LogP contribution is 2.03. The van der Waals surface area contributed by atoms with Gasteiger partial charge in [-0.3, -0.25) is 0 Å². The summed E-state index contributed by atoms with van der Waals surface area (Å²) in [5.41, 5.74) is 1.10. The van der Waals surface area contributed by atoms with Crippen LogP contribution in [0.2, 0.25) is 0 Å². The maximum atomic E-state index is 11.7. The summed E-state index contributed by atoms with van der Waals surface area (Å²) in [4.78, 5) is 23.4. The van der Waals surface area contributed by atoms with Crippen molar-refractivity contribution in [2.45, 2.75) is 12.8 Å². The van der Waals surface area contributed by atoms with E-state index in [-0.39, 0.29) is 11.9 Å². The Hall–Kier alpha value is -2.88. The van der Waals surface area contributed by atoms with E-state index in [4.69, 9.17) is 9.47 Å². The topological polar surface area (TPSA) is 52.6 Å². The molecule has 4 nitrogen and oxygen atoms in total. The first-order chi connectivity index (χ1) is 11.8. The van der Waals surface area contributed by atoms with Crippen molar-refractivity contribution in [3.8, 4) is 0 Å². The fourth-order valence-corrected chi connectivity index (χ4v) is 1.99. The number of ether oxygens (including phenoxy) is 2. The monoisotopic (exact) mass is 324 g/mol. The Morgan fingerprint density at radius 3 is 1.42 bits per heavy atom. The van der Waals surface area contributed by atoms with E-state index in [1.54, 1.807) is 48.5 Å². The Bertz CT molecular complexity index is 603. The van der Waals surface area contributed by atoms with Gasteiger partial charge < -0.3 is 9.47 Å². The normalized spacial score (nSPS) is 10.5. The first-order valence-electron chi connectivity index (χ1n) is 7.87. The van der Waals surface area contributed by atoms with Crippen LogP contribution in [0.4, 0.5) is 0 Å². The van der Waals surface area contributed by atoms with Crippen LogP contribution in [0, 0.1) is 0 Å². The number of rotatable bonds is 8. The summed E-state index contributed by atoms with van der Waals surface area (Å²) in [6.45, 7) is 0.655. The molecule has 0 aliphatic rings. The molecular formula is C20H20O4. The molecule has 2 aromatic rings. The number of esters is 2. The third-order valence-corrected chi connectivity index (χ3v) is 3.22. The molecule has 24 heavy (non-hydrogen) atoms. The molecule has 0 heterocycles. The molecule has 0 amide bonds. The van der Waals surface area contributed by atoms with E-state index >= 15 is 0 Å². The molecule has 0 saturated carbocycles. The second-order valence-corrected chi connectivity index (χ2v) is 5.05. The fraction of sp³-hybridized carbons (Fsp3) is 0.200. The van der Waals surface area contributed by atoms with Gasteiger partial charge in [-0.1, -0.05) is 48.6 Å². The molecule has 2 rings (SSSR count). The second kappa shape index (κ2) is 10.0. The molecule has 4 heteroatoms. The van der Waals surface area contributed by atoms with Gasteiger partial charge in [-0.15, -0.1) is 0 Å². The van der Waals surface area contributed by atoms with Crippen molar-refractivity contribution in [1.82, 2.24) is 0 Å². The summed E-state index contributed by atoms with van der Waals surface area (Å²) in [7, 11) is 0. The Morgan fingerprint density at radius 1 is 0.667 bits per heavy atom. The summed E-state index contributed by atoms with van der Waals surface area (Å²) >= 11 is 0. The van der Waals surface area contributed by atoms with E-state index in [2.05, 4.69) is 0 Å². The molecule has 0 spiro atoms. The molecule has 124 valence electrons. The first kappa shape index (κ1) is 17.5. The maximum Gasteiger partial charge on any atom is 0.338 e. The highest BCUT2D eigenvalue weighted by atomic mass is 16.5. The Kier molecular flexibility index (Phi) is 7.28. The van der Waals surface area contributed by atoms with Gasteiger partial charge in [0.05, 0.1) is 24.3 Å². The highest BCUT2D eigenvalue weighted by molar-refractivity contribution is 5.89. The van der Waals surface area contributed by atoms with Gasteiger partial charge in [-0.05, 0) is 37.1 Å². The Labute approximate surface area is 141 Å². The van der Waals surface area contributed by atoms with Crippen LogP contribution < -0.4 is 0 Å². The number of carbonyl (C=O) groups is 2. The lowest BCUT2D eigenvalue weighted by Crippen LogP contribution is -2.06. The average Bonchev–Trinajstić information content (AvgIpc) is 2.65. The quantitative estimate of drug-likeness (QED) is 0.418. The van der Waals surface area contributed by atoms with E-state index in [0.29, 0.717) is 37.2 Å². The van der Waals surface area contributed by atoms with Gasteiger partial charge in [-0.2, -0.15) is 0 Å².